The van der Waals surface area contributed by atoms with Crippen molar-refractivity contribution < 1.29 is 9.53 Å². The molecule has 0 spiro atoms. The quantitative estimate of drug-likeness (QED) is 0.579. The van der Waals surface area contributed by atoms with Crippen LogP contribution in [0.1, 0.15) is 27.9 Å². The third-order valence-corrected chi connectivity index (χ3v) is 4.05. The second kappa shape index (κ2) is 6.74. The molecule has 5 nitrogen and oxygen atoms in total. The van der Waals surface area contributed by atoms with Gasteiger partial charge in [0.2, 0.25) is 0 Å². The van der Waals surface area contributed by atoms with Crippen LogP contribution in [0.3, 0.4) is 0 Å². The largest absolute Gasteiger partial charge is 0.462 e. The number of ether oxygens (including phenoxy) is 1. The van der Waals surface area contributed by atoms with E-state index in [2.05, 4.69) is 4.98 Å². The average Bonchev–Trinajstić information content (AvgIpc) is 2.89. The zero-order valence-corrected chi connectivity index (χ0v) is 13.8. The summed E-state index contributed by atoms with van der Waals surface area (Å²) in [5, 5.41) is 0. The van der Waals surface area contributed by atoms with Gasteiger partial charge in [0, 0.05) is 6.54 Å². The second-order valence-electron chi connectivity index (χ2n) is 5.91. The Balaban J connectivity index is 1.61. The molecule has 5 heteroatoms. The van der Waals surface area contributed by atoms with Crippen LogP contribution in [-0.4, -0.2) is 22.1 Å². The van der Waals surface area contributed by atoms with Gasteiger partial charge >= 0.3 is 11.7 Å². The Morgan fingerprint density at radius 3 is 2.79 bits per heavy atom. The standard InChI is InChI=1S/C19H20N2O3/c1-13-8-9-14(2)15(12-13)18(22)24-11-5-10-21-17-7-4-3-6-16(17)20-19(21)23/h3-4,6-9,12H,5,10-11H2,1-2H3,(H,20,23). The molecule has 1 aromatic heterocycles. The number of benzene rings is 2. The van der Waals surface area contributed by atoms with Crippen molar-refractivity contribution in [1.29, 1.82) is 0 Å². The fourth-order valence-corrected chi connectivity index (χ4v) is 2.75. The summed E-state index contributed by atoms with van der Waals surface area (Å²) in [6.45, 7) is 4.61. The third-order valence-electron chi connectivity index (χ3n) is 4.05. The molecule has 2 aromatic carbocycles. The number of nitrogens with one attached hydrogen (secondary N) is 1. The molecule has 0 aliphatic heterocycles. The van der Waals surface area contributed by atoms with E-state index in [4.69, 9.17) is 4.74 Å². The number of H-pyrrole nitrogens is 1. The molecule has 0 saturated heterocycles. The number of fused-ring (bicyclic) bond motifs is 1. The first kappa shape index (κ1) is 16.1. The van der Waals surface area contributed by atoms with Crippen molar-refractivity contribution in [2.45, 2.75) is 26.8 Å². The zero-order valence-electron chi connectivity index (χ0n) is 13.8. The lowest BCUT2D eigenvalue weighted by atomic mass is 10.1. The molecule has 1 heterocycles. The zero-order chi connectivity index (χ0) is 17.1. The van der Waals surface area contributed by atoms with Crippen LogP contribution in [0.5, 0.6) is 0 Å². The highest BCUT2D eigenvalue weighted by Gasteiger charge is 2.11. The molecule has 0 aliphatic rings. The van der Waals surface area contributed by atoms with Gasteiger partial charge in [-0.05, 0) is 44.0 Å². The summed E-state index contributed by atoms with van der Waals surface area (Å²) in [6, 6.07) is 13.3. The van der Waals surface area contributed by atoms with Gasteiger partial charge in [0.25, 0.3) is 0 Å². The number of imidazole rings is 1. The summed E-state index contributed by atoms with van der Waals surface area (Å²) in [5.74, 6) is -0.317. The maximum Gasteiger partial charge on any atom is 0.338 e. The summed E-state index contributed by atoms with van der Waals surface area (Å²) in [6.07, 6.45) is 0.582. The fourth-order valence-electron chi connectivity index (χ4n) is 2.75. The van der Waals surface area contributed by atoms with Crippen molar-refractivity contribution in [1.82, 2.24) is 9.55 Å². The van der Waals surface area contributed by atoms with Crippen molar-refractivity contribution >= 4 is 17.0 Å². The maximum atomic E-state index is 12.2. The van der Waals surface area contributed by atoms with Crippen LogP contribution in [-0.2, 0) is 11.3 Å². The van der Waals surface area contributed by atoms with Gasteiger partial charge < -0.3 is 9.72 Å². The number of rotatable bonds is 5. The van der Waals surface area contributed by atoms with Gasteiger partial charge in [-0.1, -0.05) is 29.8 Å². The van der Waals surface area contributed by atoms with Gasteiger partial charge in [0.15, 0.2) is 0 Å². The number of aryl methyl sites for hydroxylation is 3. The van der Waals surface area contributed by atoms with E-state index < -0.39 is 0 Å². The van der Waals surface area contributed by atoms with Gasteiger partial charge in [-0.2, -0.15) is 0 Å². The second-order valence-corrected chi connectivity index (χ2v) is 5.91. The van der Waals surface area contributed by atoms with Crippen LogP contribution in [0.2, 0.25) is 0 Å². The smallest absolute Gasteiger partial charge is 0.338 e. The predicted molar refractivity (Wildman–Crippen MR) is 93.4 cm³/mol. The Kier molecular flexibility index (Phi) is 4.51. The lowest BCUT2D eigenvalue weighted by Gasteiger charge is -2.08. The van der Waals surface area contributed by atoms with E-state index in [0.717, 1.165) is 22.2 Å². The summed E-state index contributed by atoms with van der Waals surface area (Å²) >= 11 is 0. The number of hydrogen-bond acceptors (Lipinski definition) is 3. The minimum atomic E-state index is -0.317. The molecule has 0 bridgehead atoms. The number of hydrogen-bond donors (Lipinski definition) is 1. The number of carbonyl (C=O) groups excluding carboxylic acids is 1. The van der Waals surface area contributed by atoms with Crippen molar-refractivity contribution in [3.05, 3.63) is 69.6 Å². The molecule has 3 aromatic rings. The van der Waals surface area contributed by atoms with Crippen LogP contribution in [0.25, 0.3) is 11.0 Å². The van der Waals surface area contributed by atoms with Crippen LogP contribution < -0.4 is 5.69 Å². The first-order valence-electron chi connectivity index (χ1n) is 7.98. The molecule has 124 valence electrons. The highest BCUT2D eigenvalue weighted by Crippen LogP contribution is 2.13. The predicted octanol–water partition coefficient (Wildman–Crippen LogP) is 3.19. The molecule has 24 heavy (non-hydrogen) atoms. The number of aromatic nitrogens is 2. The van der Waals surface area contributed by atoms with Crippen molar-refractivity contribution in [2.24, 2.45) is 0 Å². The Hall–Kier alpha value is -2.82. The molecule has 3 rings (SSSR count). The number of nitrogens with zero attached hydrogens (tertiary/aromatic N) is 1. The molecule has 0 amide bonds. The number of aromatic amines is 1. The normalized spacial score (nSPS) is 10.9. The number of esters is 1. The summed E-state index contributed by atoms with van der Waals surface area (Å²) in [7, 11) is 0. The molecule has 0 saturated carbocycles. The topological polar surface area (TPSA) is 64.1 Å². The van der Waals surface area contributed by atoms with E-state index in [1.807, 2.05) is 56.3 Å². The van der Waals surface area contributed by atoms with E-state index in [-0.39, 0.29) is 18.3 Å². The van der Waals surface area contributed by atoms with Crippen LogP contribution in [0.15, 0.2) is 47.3 Å². The third kappa shape index (κ3) is 3.25. The lowest BCUT2D eigenvalue weighted by molar-refractivity contribution is 0.0495. The first-order chi connectivity index (χ1) is 11.6. The first-order valence-corrected chi connectivity index (χ1v) is 7.98. The molecule has 0 aliphatic carbocycles. The number of carbonyl (C=O) groups is 1. The monoisotopic (exact) mass is 324 g/mol. The lowest BCUT2D eigenvalue weighted by Crippen LogP contribution is -2.18. The van der Waals surface area contributed by atoms with Crippen molar-refractivity contribution in [3.8, 4) is 0 Å². The molecule has 0 atom stereocenters. The molecule has 1 N–H and O–H groups in total. The molecular formula is C19H20N2O3. The summed E-state index contributed by atoms with van der Waals surface area (Å²) in [4.78, 5) is 26.9. The van der Waals surface area contributed by atoms with Gasteiger partial charge in [0.05, 0.1) is 23.2 Å². The Bertz CT molecular complexity index is 937. The summed E-state index contributed by atoms with van der Waals surface area (Å²) in [5.41, 5.74) is 4.06. The average molecular weight is 324 g/mol. The van der Waals surface area contributed by atoms with Gasteiger partial charge in [0.1, 0.15) is 0 Å². The van der Waals surface area contributed by atoms with E-state index in [1.54, 1.807) is 4.57 Å². The Labute approximate surface area is 139 Å². The van der Waals surface area contributed by atoms with Crippen molar-refractivity contribution in [3.63, 3.8) is 0 Å². The minimum absolute atomic E-state index is 0.142. The van der Waals surface area contributed by atoms with Crippen molar-refractivity contribution in [2.75, 3.05) is 6.61 Å². The molecule has 0 unspecified atom stereocenters. The van der Waals surface area contributed by atoms with E-state index in [0.29, 0.717) is 18.5 Å². The summed E-state index contributed by atoms with van der Waals surface area (Å²) < 4.78 is 7.02. The highest BCUT2D eigenvalue weighted by atomic mass is 16.5. The molecule has 0 radical (unpaired) electrons. The molecule has 0 fully saturated rings. The van der Waals surface area contributed by atoms with Gasteiger partial charge in [-0.15, -0.1) is 0 Å². The van der Waals surface area contributed by atoms with E-state index >= 15 is 0 Å². The van der Waals surface area contributed by atoms with Gasteiger partial charge in [-0.3, -0.25) is 4.57 Å². The fraction of sp³-hybridized carbons (Fsp3) is 0.263. The van der Waals surface area contributed by atoms with Crippen LogP contribution >= 0.6 is 0 Å². The SMILES string of the molecule is Cc1ccc(C)c(C(=O)OCCCn2c(=O)[nH]c3ccccc32)c1. The minimum Gasteiger partial charge on any atom is -0.462 e. The Morgan fingerprint density at radius 1 is 1.17 bits per heavy atom. The van der Waals surface area contributed by atoms with E-state index in [9.17, 15) is 9.59 Å². The van der Waals surface area contributed by atoms with Crippen LogP contribution in [0.4, 0.5) is 0 Å². The van der Waals surface area contributed by atoms with Crippen LogP contribution in [0, 0.1) is 13.8 Å². The maximum absolute atomic E-state index is 12.2. The van der Waals surface area contributed by atoms with E-state index in [1.165, 1.54) is 0 Å². The Morgan fingerprint density at radius 2 is 1.96 bits per heavy atom. The van der Waals surface area contributed by atoms with Gasteiger partial charge in [-0.25, -0.2) is 9.59 Å². The number of para-hydroxylation sites is 2. The molecular weight excluding hydrogens is 304 g/mol. The highest BCUT2D eigenvalue weighted by molar-refractivity contribution is 5.91.